The number of hydrogen-bond acceptors (Lipinski definition) is 2. The van der Waals surface area contributed by atoms with Crippen molar-refractivity contribution in [2.24, 2.45) is 5.73 Å². The molecule has 0 saturated heterocycles. The lowest BCUT2D eigenvalue weighted by atomic mass is 9.96. The molecule has 0 radical (unpaired) electrons. The van der Waals surface area contributed by atoms with Crippen LogP contribution in [0.4, 0.5) is 10.1 Å². The lowest BCUT2D eigenvalue weighted by Crippen LogP contribution is -2.14. The summed E-state index contributed by atoms with van der Waals surface area (Å²) >= 11 is 9.53. The van der Waals surface area contributed by atoms with E-state index in [-0.39, 0.29) is 12.3 Å². The fraction of sp³-hybridized carbons (Fsp3) is 0.133. The van der Waals surface area contributed by atoms with Crippen LogP contribution in [-0.2, 0) is 11.2 Å². The standard InChI is InChI=1S/C15H11BrClFN2O/c16-8-1-2-12(18)10(5-8)15(19)9-3-7-4-14(21)20-13(7)6-11(9)17/h1-3,5-6,15H,4,19H2,(H,20,21). The molecule has 21 heavy (non-hydrogen) atoms. The molecule has 0 spiro atoms. The highest BCUT2D eigenvalue weighted by Gasteiger charge is 2.23. The van der Waals surface area contributed by atoms with E-state index in [1.54, 1.807) is 24.3 Å². The van der Waals surface area contributed by atoms with E-state index in [2.05, 4.69) is 21.2 Å². The number of rotatable bonds is 2. The highest BCUT2D eigenvalue weighted by atomic mass is 79.9. The Morgan fingerprint density at radius 3 is 2.81 bits per heavy atom. The first-order chi connectivity index (χ1) is 9.95. The van der Waals surface area contributed by atoms with E-state index in [0.29, 0.717) is 21.8 Å². The molecule has 3 nitrogen and oxygen atoms in total. The summed E-state index contributed by atoms with van der Waals surface area (Å²) in [5.74, 6) is -0.475. The van der Waals surface area contributed by atoms with Crippen LogP contribution in [0.1, 0.15) is 22.7 Å². The molecule has 0 saturated carbocycles. The summed E-state index contributed by atoms with van der Waals surface area (Å²) in [5, 5.41) is 3.12. The zero-order valence-corrected chi connectivity index (χ0v) is 13.1. The fourth-order valence-electron chi connectivity index (χ4n) is 2.43. The third kappa shape index (κ3) is 2.69. The summed E-state index contributed by atoms with van der Waals surface area (Å²) in [6, 6.07) is 7.32. The second-order valence-corrected chi connectivity index (χ2v) is 6.22. The predicted octanol–water partition coefficient (Wildman–Crippen LogP) is 3.78. The Hall–Kier alpha value is -1.43. The van der Waals surface area contributed by atoms with Gasteiger partial charge in [-0.2, -0.15) is 0 Å². The molecule has 2 aromatic carbocycles. The quantitative estimate of drug-likeness (QED) is 0.846. The first-order valence-corrected chi connectivity index (χ1v) is 7.45. The van der Waals surface area contributed by atoms with Crippen molar-refractivity contribution in [1.82, 2.24) is 0 Å². The van der Waals surface area contributed by atoms with Crippen LogP contribution in [0.2, 0.25) is 5.02 Å². The summed E-state index contributed by atoms with van der Waals surface area (Å²) in [5.41, 5.74) is 8.63. The number of anilines is 1. The van der Waals surface area contributed by atoms with Crippen LogP contribution in [0, 0.1) is 5.82 Å². The highest BCUT2D eigenvalue weighted by molar-refractivity contribution is 9.10. The van der Waals surface area contributed by atoms with Gasteiger partial charge in [0, 0.05) is 20.7 Å². The number of nitrogens with two attached hydrogens (primary N) is 1. The summed E-state index contributed by atoms with van der Waals surface area (Å²) in [4.78, 5) is 11.4. The van der Waals surface area contributed by atoms with E-state index in [4.69, 9.17) is 17.3 Å². The van der Waals surface area contributed by atoms with Crippen molar-refractivity contribution in [2.75, 3.05) is 5.32 Å². The summed E-state index contributed by atoms with van der Waals surface area (Å²) in [7, 11) is 0. The molecular formula is C15H11BrClFN2O. The van der Waals surface area contributed by atoms with Crippen molar-refractivity contribution in [2.45, 2.75) is 12.5 Å². The summed E-state index contributed by atoms with van der Waals surface area (Å²) in [6.45, 7) is 0. The highest BCUT2D eigenvalue weighted by Crippen LogP contribution is 2.35. The number of nitrogens with one attached hydrogen (secondary N) is 1. The predicted molar refractivity (Wildman–Crippen MR) is 83.9 cm³/mol. The topological polar surface area (TPSA) is 55.1 Å². The molecule has 3 rings (SSSR count). The largest absolute Gasteiger partial charge is 0.325 e. The minimum atomic E-state index is -0.698. The van der Waals surface area contributed by atoms with Gasteiger partial charge in [0.2, 0.25) is 5.91 Å². The third-order valence-electron chi connectivity index (χ3n) is 3.48. The normalized spacial score (nSPS) is 14.8. The number of carbonyl (C=O) groups excluding carboxylic acids is 1. The lowest BCUT2D eigenvalue weighted by molar-refractivity contribution is -0.115. The van der Waals surface area contributed by atoms with Gasteiger partial charge in [0.25, 0.3) is 0 Å². The van der Waals surface area contributed by atoms with Gasteiger partial charge < -0.3 is 11.1 Å². The van der Waals surface area contributed by atoms with Crippen molar-refractivity contribution in [3.05, 3.63) is 62.3 Å². The first kappa shape index (κ1) is 14.5. The van der Waals surface area contributed by atoms with Gasteiger partial charge in [-0.05, 0) is 41.5 Å². The van der Waals surface area contributed by atoms with Crippen molar-refractivity contribution in [3.8, 4) is 0 Å². The second kappa shape index (κ2) is 5.40. The molecule has 108 valence electrons. The fourth-order valence-corrected chi connectivity index (χ4v) is 3.09. The number of halogens is 3. The van der Waals surface area contributed by atoms with Gasteiger partial charge in [-0.1, -0.05) is 27.5 Å². The van der Waals surface area contributed by atoms with E-state index in [0.717, 1.165) is 10.0 Å². The smallest absolute Gasteiger partial charge is 0.228 e. The third-order valence-corrected chi connectivity index (χ3v) is 4.30. The average Bonchev–Trinajstić information content (AvgIpc) is 2.79. The number of benzene rings is 2. The number of amides is 1. The number of fused-ring (bicyclic) bond motifs is 1. The minimum absolute atomic E-state index is 0.0829. The van der Waals surface area contributed by atoms with Gasteiger partial charge in [0.1, 0.15) is 5.82 Å². The van der Waals surface area contributed by atoms with E-state index in [1.165, 1.54) is 6.07 Å². The summed E-state index contributed by atoms with van der Waals surface area (Å²) in [6.07, 6.45) is 0.285. The molecule has 1 heterocycles. The van der Waals surface area contributed by atoms with Crippen molar-refractivity contribution >= 4 is 39.1 Å². The van der Waals surface area contributed by atoms with E-state index in [1.807, 2.05) is 0 Å². The Morgan fingerprint density at radius 2 is 2.05 bits per heavy atom. The van der Waals surface area contributed by atoms with Gasteiger partial charge in [-0.25, -0.2) is 4.39 Å². The Labute approximate surface area is 134 Å². The van der Waals surface area contributed by atoms with E-state index >= 15 is 0 Å². The molecule has 1 unspecified atom stereocenters. The van der Waals surface area contributed by atoms with Crippen LogP contribution >= 0.6 is 27.5 Å². The molecule has 1 amide bonds. The molecular weight excluding hydrogens is 359 g/mol. The van der Waals surface area contributed by atoms with Crippen molar-refractivity contribution in [3.63, 3.8) is 0 Å². The van der Waals surface area contributed by atoms with Crippen LogP contribution in [0.25, 0.3) is 0 Å². The van der Waals surface area contributed by atoms with Crippen LogP contribution in [0.15, 0.2) is 34.8 Å². The number of carbonyl (C=O) groups is 1. The van der Waals surface area contributed by atoms with Gasteiger partial charge >= 0.3 is 0 Å². The molecule has 0 aliphatic carbocycles. The Morgan fingerprint density at radius 1 is 1.29 bits per heavy atom. The molecule has 0 fully saturated rings. The Kier molecular flexibility index (Phi) is 3.73. The zero-order chi connectivity index (χ0) is 15.1. The average molecular weight is 370 g/mol. The van der Waals surface area contributed by atoms with Gasteiger partial charge in [-0.15, -0.1) is 0 Å². The monoisotopic (exact) mass is 368 g/mol. The zero-order valence-electron chi connectivity index (χ0n) is 10.8. The van der Waals surface area contributed by atoms with Gasteiger partial charge in [-0.3, -0.25) is 4.79 Å². The van der Waals surface area contributed by atoms with Crippen molar-refractivity contribution < 1.29 is 9.18 Å². The molecule has 1 aliphatic rings. The molecule has 0 bridgehead atoms. The van der Waals surface area contributed by atoms with Crippen molar-refractivity contribution in [1.29, 1.82) is 0 Å². The summed E-state index contributed by atoms with van der Waals surface area (Å²) < 4.78 is 14.7. The van der Waals surface area contributed by atoms with Gasteiger partial charge in [0.05, 0.1) is 12.5 Å². The molecule has 2 aromatic rings. The maximum atomic E-state index is 14.0. The molecule has 1 atom stereocenters. The van der Waals surface area contributed by atoms with E-state index in [9.17, 15) is 9.18 Å². The van der Waals surface area contributed by atoms with Crippen LogP contribution in [0.5, 0.6) is 0 Å². The molecule has 1 aliphatic heterocycles. The van der Waals surface area contributed by atoms with Crippen LogP contribution in [0.3, 0.4) is 0 Å². The minimum Gasteiger partial charge on any atom is -0.325 e. The molecule has 0 aromatic heterocycles. The Balaban J connectivity index is 2.06. The van der Waals surface area contributed by atoms with E-state index < -0.39 is 11.9 Å². The molecule has 6 heteroatoms. The maximum absolute atomic E-state index is 14.0. The first-order valence-electron chi connectivity index (χ1n) is 6.28. The van der Waals surface area contributed by atoms with Crippen LogP contribution in [-0.4, -0.2) is 5.91 Å². The second-order valence-electron chi connectivity index (χ2n) is 4.90. The van der Waals surface area contributed by atoms with Crippen LogP contribution < -0.4 is 11.1 Å². The lowest BCUT2D eigenvalue weighted by Gasteiger charge is -2.16. The van der Waals surface area contributed by atoms with Gasteiger partial charge in [0.15, 0.2) is 0 Å². The molecule has 3 N–H and O–H groups in total. The maximum Gasteiger partial charge on any atom is 0.228 e. The SMILES string of the molecule is NC(c1cc(Br)ccc1F)c1cc2c(cc1Cl)NC(=O)C2. The Bertz CT molecular complexity index is 751. The number of hydrogen-bond donors (Lipinski definition) is 2.